The zero-order valence-corrected chi connectivity index (χ0v) is 14.5. The molecule has 2 amide bonds. The zero-order chi connectivity index (χ0) is 16.2. The first-order chi connectivity index (χ1) is 9.78. The van der Waals surface area contributed by atoms with Gasteiger partial charge in [-0.05, 0) is 32.6 Å². The predicted octanol–water partition coefficient (Wildman–Crippen LogP) is 3.11. The number of hydrogen-bond donors (Lipinski definition) is 1. The Kier molecular flexibility index (Phi) is 6.24. The lowest BCUT2D eigenvalue weighted by atomic mass is 9.86. The van der Waals surface area contributed by atoms with E-state index in [0.717, 1.165) is 12.8 Å². The van der Waals surface area contributed by atoms with E-state index in [1.54, 1.807) is 0 Å². The van der Waals surface area contributed by atoms with Crippen molar-refractivity contribution < 1.29 is 9.59 Å². The molecule has 1 saturated heterocycles. The van der Waals surface area contributed by atoms with E-state index in [-0.39, 0.29) is 29.8 Å². The number of rotatable bonds is 7. The average molecular weight is 296 g/mol. The average Bonchev–Trinajstić information content (AvgIpc) is 2.42. The molecule has 3 atom stereocenters. The van der Waals surface area contributed by atoms with Gasteiger partial charge in [0.05, 0.1) is 0 Å². The van der Waals surface area contributed by atoms with E-state index in [4.69, 9.17) is 0 Å². The van der Waals surface area contributed by atoms with Gasteiger partial charge < -0.3 is 10.2 Å². The van der Waals surface area contributed by atoms with E-state index in [0.29, 0.717) is 6.42 Å². The maximum atomic E-state index is 12.9. The fourth-order valence-corrected chi connectivity index (χ4v) is 3.10. The van der Waals surface area contributed by atoms with Gasteiger partial charge in [0, 0.05) is 6.04 Å². The first kappa shape index (κ1) is 18.0. The molecule has 122 valence electrons. The van der Waals surface area contributed by atoms with Gasteiger partial charge in [-0.15, -0.1) is 0 Å². The van der Waals surface area contributed by atoms with Crippen LogP contribution in [-0.2, 0) is 9.59 Å². The standard InChI is InChI=1S/C17H32N2O2/c1-7-9-10-11-13(5)19-14(12(3)4)15(20)18-17(6,8-2)16(19)21/h12-14H,7-11H2,1-6H3,(H,18,20). The number of amides is 2. The predicted molar refractivity (Wildman–Crippen MR) is 85.9 cm³/mol. The first-order valence-electron chi connectivity index (χ1n) is 8.43. The first-order valence-corrected chi connectivity index (χ1v) is 8.43. The molecule has 4 heteroatoms. The second kappa shape index (κ2) is 7.28. The van der Waals surface area contributed by atoms with Gasteiger partial charge in [0.15, 0.2) is 0 Å². The number of hydrogen-bond acceptors (Lipinski definition) is 2. The summed E-state index contributed by atoms with van der Waals surface area (Å²) in [7, 11) is 0. The largest absolute Gasteiger partial charge is 0.340 e. The molecule has 1 fully saturated rings. The van der Waals surface area contributed by atoms with Crippen LogP contribution in [0.5, 0.6) is 0 Å². The van der Waals surface area contributed by atoms with E-state index in [9.17, 15) is 9.59 Å². The Balaban J connectivity index is 3.00. The molecule has 0 saturated carbocycles. The van der Waals surface area contributed by atoms with Crippen molar-refractivity contribution in [3.63, 3.8) is 0 Å². The van der Waals surface area contributed by atoms with Gasteiger partial charge >= 0.3 is 0 Å². The molecule has 1 aliphatic heterocycles. The maximum Gasteiger partial charge on any atom is 0.248 e. The summed E-state index contributed by atoms with van der Waals surface area (Å²) in [6.07, 6.45) is 5.05. The van der Waals surface area contributed by atoms with Crippen LogP contribution in [0.2, 0.25) is 0 Å². The number of unbranched alkanes of at least 4 members (excludes halogenated alkanes) is 2. The summed E-state index contributed by atoms with van der Waals surface area (Å²) in [5.41, 5.74) is -0.749. The van der Waals surface area contributed by atoms with Crippen LogP contribution in [0.15, 0.2) is 0 Å². The Labute approximate surface area is 129 Å². The third-order valence-corrected chi connectivity index (χ3v) is 4.71. The van der Waals surface area contributed by atoms with Crippen molar-refractivity contribution in [2.75, 3.05) is 0 Å². The number of piperazine rings is 1. The Morgan fingerprint density at radius 2 is 1.81 bits per heavy atom. The quantitative estimate of drug-likeness (QED) is 0.734. The minimum absolute atomic E-state index is 0.00343. The van der Waals surface area contributed by atoms with Gasteiger partial charge in [-0.3, -0.25) is 9.59 Å². The second-order valence-electron chi connectivity index (χ2n) is 6.92. The molecule has 4 nitrogen and oxygen atoms in total. The van der Waals surface area contributed by atoms with Crippen molar-refractivity contribution in [1.82, 2.24) is 10.2 Å². The van der Waals surface area contributed by atoms with Crippen LogP contribution in [0.3, 0.4) is 0 Å². The topological polar surface area (TPSA) is 49.4 Å². The Hall–Kier alpha value is -1.06. The second-order valence-corrected chi connectivity index (χ2v) is 6.92. The molecule has 1 heterocycles. The number of carbonyl (C=O) groups is 2. The minimum Gasteiger partial charge on any atom is -0.340 e. The van der Waals surface area contributed by atoms with Crippen LogP contribution >= 0.6 is 0 Å². The van der Waals surface area contributed by atoms with Crippen molar-refractivity contribution in [2.45, 2.75) is 91.3 Å². The Bertz CT molecular complexity index is 381. The number of carbonyl (C=O) groups excluding carboxylic acids is 2. The van der Waals surface area contributed by atoms with Crippen LogP contribution in [0.4, 0.5) is 0 Å². The molecule has 0 spiro atoms. The van der Waals surface area contributed by atoms with Crippen molar-refractivity contribution >= 4 is 11.8 Å². The van der Waals surface area contributed by atoms with Crippen molar-refractivity contribution in [2.24, 2.45) is 5.92 Å². The minimum atomic E-state index is -0.749. The van der Waals surface area contributed by atoms with Gasteiger partial charge in [0.2, 0.25) is 11.8 Å². The fourth-order valence-electron chi connectivity index (χ4n) is 3.10. The number of nitrogens with one attached hydrogen (secondary N) is 1. The van der Waals surface area contributed by atoms with Crippen molar-refractivity contribution in [1.29, 1.82) is 0 Å². The van der Waals surface area contributed by atoms with Crippen molar-refractivity contribution in [3.8, 4) is 0 Å². The van der Waals surface area contributed by atoms with Gasteiger partial charge in [-0.1, -0.05) is 47.0 Å². The molecule has 1 rings (SSSR count). The molecule has 1 aliphatic rings. The van der Waals surface area contributed by atoms with Gasteiger partial charge in [0.1, 0.15) is 11.6 Å². The SMILES string of the molecule is CCCCCC(C)N1C(=O)C(C)(CC)NC(=O)C1C(C)C. The monoisotopic (exact) mass is 296 g/mol. The highest BCUT2D eigenvalue weighted by molar-refractivity contribution is 5.99. The molecular formula is C17H32N2O2. The summed E-state index contributed by atoms with van der Waals surface area (Å²) in [6.45, 7) is 12.1. The smallest absolute Gasteiger partial charge is 0.248 e. The lowest BCUT2D eigenvalue weighted by Gasteiger charge is -2.48. The zero-order valence-electron chi connectivity index (χ0n) is 14.5. The summed E-state index contributed by atoms with van der Waals surface area (Å²) >= 11 is 0. The molecule has 21 heavy (non-hydrogen) atoms. The van der Waals surface area contributed by atoms with E-state index in [2.05, 4.69) is 19.2 Å². The van der Waals surface area contributed by atoms with Crippen LogP contribution < -0.4 is 5.32 Å². The summed E-state index contributed by atoms with van der Waals surface area (Å²) in [6, 6.07) is -0.220. The third-order valence-electron chi connectivity index (χ3n) is 4.71. The highest BCUT2D eigenvalue weighted by Crippen LogP contribution is 2.28. The number of nitrogens with zero attached hydrogens (tertiary/aromatic N) is 1. The highest BCUT2D eigenvalue weighted by Gasteiger charge is 2.49. The molecule has 0 radical (unpaired) electrons. The molecule has 3 unspecified atom stereocenters. The molecule has 0 bridgehead atoms. The van der Waals surface area contributed by atoms with Crippen LogP contribution in [0.25, 0.3) is 0 Å². The molecule has 0 aromatic carbocycles. The fraction of sp³-hybridized carbons (Fsp3) is 0.882. The van der Waals surface area contributed by atoms with Crippen LogP contribution in [0.1, 0.15) is 73.6 Å². The molecule has 0 aromatic heterocycles. The summed E-state index contributed by atoms with van der Waals surface area (Å²) in [5, 5.41) is 2.95. The molecular weight excluding hydrogens is 264 g/mol. The van der Waals surface area contributed by atoms with E-state index in [1.165, 1.54) is 12.8 Å². The van der Waals surface area contributed by atoms with Crippen LogP contribution in [-0.4, -0.2) is 34.3 Å². The highest BCUT2D eigenvalue weighted by atomic mass is 16.2. The lowest BCUT2D eigenvalue weighted by Crippen LogP contribution is -2.71. The van der Waals surface area contributed by atoms with E-state index in [1.807, 2.05) is 32.6 Å². The summed E-state index contributed by atoms with van der Waals surface area (Å²) < 4.78 is 0. The van der Waals surface area contributed by atoms with Gasteiger partial charge in [-0.25, -0.2) is 0 Å². The Morgan fingerprint density at radius 1 is 1.19 bits per heavy atom. The normalized spacial score (nSPS) is 28.0. The summed E-state index contributed by atoms with van der Waals surface area (Å²) in [4.78, 5) is 27.3. The summed E-state index contributed by atoms with van der Waals surface area (Å²) in [5.74, 6) is 0.201. The lowest BCUT2D eigenvalue weighted by molar-refractivity contribution is -0.159. The molecule has 0 aromatic rings. The Morgan fingerprint density at radius 3 is 2.29 bits per heavy atom. The van der Waals surface area contributed by atoms with Gasteiger partial charge in [-0.2, -0.15) is 0 Å². The van der Waals surface area contributed by atoms with Crippen molar-refractivity contribution in [3.05, 3.63) is 0 Å². The third kappa shape index (κ3) is 3.78. The molecule has 0 aliphatic carbocycles. The van der Waals surface area contributed by atoms with Crippen LogP contribution in [0, 0.1) is 5.92 Å². The molecule has 1 N–H and O–H groups in total. The van der Waals surface area contributed by atoms with Gasteiger partial charge in [0.25, 0.3) is 0 Å². The maximum absolute atomic E-state index is 12.9. The van der Waals surface area contributed by atoms with E-state index < -0.39 is 5.54 Å². The van der Waals surface area contributed by atoms with E-state index >= 15 is 0 Å².